The quantitative estimate of drug-likeness (QED) is 0.796. The second-order valence-electron chi connectivity index (χ2n) is 2.81. The third kappa shape index (κ3) is 1.83. The molecule has 2 heterocycles. The molecule has 0 atom stereocenters. The van der Waals surface area contributed by atoms with Gasteiger partial charge in [0, 0.05) is 12.4 Å². The Hall–Kier alpha value is -1.20. The smallest absolute Gasteiger partial charge is 0.203 e. The highest BCUT2D eigenvalue weighted by Crippen LogP contribution is 2.18. The maximum absolute atomic E-state index is 9.48. The van der Waals surface area contributed by atoms with Crippen molar-refractivity contribution in [2.45, 2.75) is 6.54 Å². The monoisotopic (exact) mass is 224 g/mol. The van der Waals surface area contributed by atoms with Crippen molar-refractivity contribution < 1.29 is 5.11 Å². The number of hydrogen-bond acceptors (Lipinski definition) is 4. The van der Waals surface area contributed by atoms with E-state index in [9.17, 15) is 5.11 Å². The molecule has 2 rings (SSSR count). The van der Waals surface area contributed by atoms with E-state index < -0.39 is 0 Å². The molecule has 0 bridgehead atoms. The molecule has 0 aliphatic carbocycles. The van der Waals surface area contributed by atoms with Gasteiger partial charge in [-0.15, -0.1) is 11.3 Å². The molecule has 0 saturated heterocycles. The summed E-state index contributed by atoms with van der Waals surface area (Å²) in [6.45, 7) is 0.571. The summed E-state index contributed by atoms with van der Waals surface area (Å²) < 4.78 is 2.35. The van der Waals surface area contributed by atoms with E-state index in [-0.39, 0.29) is 5.88 Å². The standard InChI is InChI=1S/C9H8N2OS2/c12-8-6-14-9(13)11(8)5-7-2-1-3-10-4-7/h1-4,6,12H,5H2. The highest BCUT2D eigenvalue weighted by atomic mass is 32.1. The van der Waals surface area contributed by atoms with Crippen LogP contribution in [0.3, 0.4) is 0 Å². The molecule has 0 unspecified atom stereocenters. The Kier molecular flexibility index (Phi) is 2.60. The molecule has 0 aliphatic rings. The Labute approximate surface area is 90.3 Å². The molecular weight excluding hydrogens is 216 g/mol. The highest BCUT2D eigenvalue weighted by molar-refractivity contribution is 7.73. The van der Waals surface area contributed by atoms with Crippen LogP contribution in [0.5, 0.6) is 5.88 Å². The van der Waals surface area contributed by atoms with Gasteiger partial charge in [-0.05, 0) is 23.8 Å². The lowest BCUT2D eigenvalue weighted by molar-refractivity contribution is 0.423. The molecule has 5 heteroatoms. The van der Waals surface area contributed by atoms with Crippen LogP contribution in [0, 0.1) is 3.95 Å². The molecule has 3 nitrogen and oxygen atoms in total. The van der Waals surface area contributed by atoms with E-state index in [2.05, 4.69) is 4.98 Å². The molecule has 0 aromatic carbocycles. The van der Waals surface area contributed by atoms with Crippen LogP contribution in [0.4, 0.5) is 0 Å². The number of rotatable bonds is 2. The fourth-order valence-corrected chi connectivity index (χ4v) is 2.06. The summed E-state index contributed by atoms with van der Waals surface area (Å²) in [4.78, 5) is 4.00. The van der Waals surface area contributed by atoms with Crippen molar-refractivity contribution >= 4 is 23.6 Å². The fraction of sp³-hybridized carbons (Fsp3) is 0.111. The van der Waals surface area contributed by atoms with Crippen molar-refractivity contribution in [1.82, 2.24) is 9.55 Å². The summed E-state index contributed by atoms with van der Waals surface area (Å²) in [6.07, 6.45) is 3.48. The highest BCUT2D eigenvalue weighted by Gasteiger charge is 2.02. The lowest BCUT2D eigenvalue weighted by Crippen LogP contribution is -1.98. The van der Waals surface area contributed by atoms with Crippen LogP contribution >= 0.6 is 23.6 Å². The molecule has 0 amide bonds. The van der Waals surface area contributed by atoms with E-state index in [1.165, 1.54) is 11.3 Å². The number of aromatic nitrogens is 2. The van der Waals surface area contributed by atoms with Crippen LogP contribution < -0.4 is 0 Å². The summed E-state index contributed by atoms with van der Waals surface area (Å²) in [6, 6.07) is 3.81. The minimum atomic E-state index is 0.212. The zero-order valence-electron chi connectivity index (χ0n) is 7.25. The first-order valence-electron chi connectivity index (χ1n) is 4.03. The maximum Gasteiger partial charge on any atom is 0.203 e. The van der Waals surface area contributed by atoms with Gasteiger partial charge in [0.1, 0.15) is 0 Å². The molecule has 0 aliphatic heterocycles. The minimum Gasteiger partial charge on any atom is -0.494 e. The largest absolute Gasteiger partial charge is 0.494 e. The first-order valence-corrected chi connectivity index (χ1v) is 5.32. The van der Waals surface area contributed by atoms with Crippen LogP contribution in [0.1, 0.15) is 5.56 Å². The summed E-state index contributed by atoms with van der Waals surface area (Å²) in [5.74, 6) is 0.212. The molecule has 0 radical (unpaired) electrons. The fourth-order valence-electron chi connectivity index (χ4n) is 1.14. The second kappa shape index (κ2) is 3.89. The molecule has 72 valence electrons. The summed E-state index contributed by atoms with van der Waals surface area (Å²) >= 11 is 6.43. The van der Waals surface area contributed by atoms with Gasteiger partial charge in [0.25, 0.3) is 0 Å². The van der Waals surface area contributed by atoms with Gasteiger partial charge in [0.05, 0.1) is 11.9 Å². The van der Waals surface area contributed by atoms with E-state index in [1.807, 2.05) is 12.1 Å². The zero-order chi connectivity index (χ0) is 9.97. The topological polar surface area (TPSA) is 38.0 Å². The molecule has 0 saturated carbocycles. The Morgan fingerprint density at radius 3 is 3.00 bits per heavy atom. The molecular formula is C9H8N2OS2. The number of hydrogen-bond donors (Lipinski definition) is 1. The van der Waals surface area contributed by atoms with Crippen LogP contribution in [0.25, 0.3) is 0 Å². The van der Waals surface area contributed by atoms with Gasteiger partial charge in [0.2, 0.25) is 5.88 Å². The Morgan fingerprint density at radius 2 is 2.43 bits per heavy atom. The van der Waals surface area contributed by atoms with Crippen LogP contribution in [0.15, 0.2) is 29.9 Å². The van der Waals surface area contributed by atoms with E-state index in [0.717, 1.165) is 5.56 Å². The summed E-state index contributed by atoms with van der Waals surface area (Å²) in [7, 11) is 0. The van der Waals surface area contributed by atoms with Gasteiger partial charge in [0.15, 0.2) is 3.95 Å². The average Bonchev–Trinajstić information content (AvgIpc) is 2.51. The molecule has 0 fully saturated rings. The SMILES string of the molecule is Oc1csc(=S)n1Cc1cccnc1. The average molecular weight is 224 g/mol. The number of pyridine rings is 1. The van der Waals surface area contributed by atoms with Crippen molar-refractivity contribution in [3.05, 3.63) is 39.4 Å². The third-order valence-corrected chi connectivity index (χ3v) is 3.09. The van der Waals surface area contributed by atoms with Gasteiger partial charge >= 0.3 is 0 Å². The van der Waals surface area contributed by atoms with E-state index in [0.29, 0.717) is 10.5 Å². The van der Waals surface area contributed by atoms with Crippen LogP contribution in [0.2, 0.25) is 0 Å². The molecule has 14 heavy (non-hydrogen) atoms. The molecule has 0 spiro atoms. The maximum atomic E-state index is 9.48. The van der Waals surface area contributed by atoms with E-state index in [1.54, 1.807) is 22.3 Å². The van der Waals surface area contributed by atoms with Crippen molar-refractivity contribution in [3.8, 4) is 5.88 Å². The summed E-state index contributed by atoms with van der Waals surface area (Å²) in [5, 5.41) is 11.1. The number of nitrogens with zero attached hydrogens (tertiary/aromatic N) is 2. The van der Waals surface area contributed by atoms with Gasteiger partial charge in [-0.3, -0.25) is 9.55 Å². The van der Waals surface area contributed by atoms with Crippen molar-refractivity contribution in [2.75, 3.05) is 0 Å². The lowest BCUT2D eigenvalue weighted by atomic mass is 10.3. The Bertz CT molecular complexity index is 475. The Morgan fingerprint density at radius 1 is 1.57 bits per heavy atom. The minimum absolute atomic E-state index is 0.212. The van der Waals surface area contributed by atoms with Crippen molar-refractivity contribution in [1.29, 1.82) is 0 Å². The third-order valence-electron chi connectivity index (χ3n) is 1.83. The lowest BCUT2D eigenvalue weighted by Gasteiger charge is -2.03. The predicted octanol–water partition coefficient (Wildman–Crippen LogP) is 2.43. The van der Waals surface area contributed by atoms with Gasteiger partial charge in [-0.25, -0.2) is 0 Å². The first kappa shape index (κ1) is 9.36. The molecule has 2 aromatic heterocycles. The van der Waals surface area contributed by atoms with Crippen molar-refractivity contribution in [3.63, 3.8) is 0 Å². The van der Waals surface area contributed by atoms with Crippen LogP contribution in [-0.4, -0.2) is 14.7 Å². The number of aromatic hydroxyl groups is 1. The van der Waals surface area contributed by atoms with Crippen molar-refractivity contribution in [2.24, 2.45) is 0 Å². The predicted molar refractivity (Wildman–Crippen MR) is 58.1 cm³/mol. The molecule has 2 aromatic rings. The normalized spacial score (nSPS) is 10.3. The first-order chi connectivity index (χ1) is 6.77. The van der Waals surface area contributed by atoms with Gasteiger partial charge in [-0.1, -0.05) is 6.07 Å². The van der Waals surface area contributed by atoms with E-state index >= 15 is 0 Å². The Balaban J connectivity index is 2.32. The molecule has 1 N–H and O–H groups in total. The summed E-state index contributed by atoms with van der Waals surface area (Å²) in [5.41, 5.74) is 1.03. The zero-order valence-corrected chi connectivity index (χ0v) is 8.88. The number of thiazole rings is 1. The van der Waals surface area contributed by atoms with Gasteiger partial charge < -0.3 is 5.11 Å². The van der Waals surface area contributed by atoms with Gasteiger partial charge in [-0.2, -0.15) is 0 Å². The second-order valence-corrected chi connectivity index (χ2v) is 4.31. The van der Waals surface area contributed by atoms with E-state index in [4.69, 9.17) is 12.2 Å². The van der Waals surface area contributed by atoms with Crippen LogP contribution in [-0.2, 0) is 6.54 Å².